The fourth-order valence-corrected chi connectivity index (χ4v) is 3.28. The molecule has 156 valence electrons. The smallest absolute Gasteiger partial charge is 0.341 e. The van der Waals surface area contributed by atoms with Crippen LogP contribution in [0, 0.1) is 13.8 Å². The molecule has 2 aromatic carbocycles. The lowest BCUT2D eigenvalue weighted by Crippen LogP contribution is -2.28. The predicted octanol–water partition coefficient (Wildman–Crippen LogP) is 3.03. The third-order valence-corrected chi connectivity index (χ3v) is 5.16. The summed E-state index contributed by atoms with van der Waals surface area (Å²) in [6.07, 6.45) is 1.14. The minimum absolute atomic E-state index is 0.139. The van der Waals surface area contributed by atoms with E-state index in [2.05, 4.69) is 20.6 Å². The number of hydrogen-bond donors (Lipinski definition) is 3. The molecule has 1 aliphatic rings. The van der Waals surface area contributed by atoms with Crippen molar-refractivity contribution >= 4 is 45.6 Å². The number of fused-ring (bicyclic) bond motifs is 1. The average molecular weight is 417 g/mol. The molecule has 0 saturated heterocycles. The van der Waals surface area contributed by atoms with Gasteiger partial charge < -0.3 is 10.1 Å². The molecule has 0 saturated carbocycles. The quantitative estimate of drug-likeness (QED) is 0.562. The Balaban J connectivity index is 1.67. The SMILES string of the molecule is CC1=NN(c2ccc(C)c(C)c2)C(=O)C1=NNc1cccc2c(=O)c(C(=O)O)c[nH]c12. The normalized spacial score (nSPS) is 14.9. The Bertz CT molecular complexity index is 1370. The molecule has 0 bridgehead atoms. The van der Waals surface area contributed by atoms with Crippen LogP contribution in [-0.2, 0) is 4.79 Å². The van der Waals surface area contributed by atoms with Crippen LogP contribution in [0.25, 0.3) is 10.9 Å². The molecular formula is C22H19N5O4. The number of carbonyl (C=O) groups is 2. The first-order valence-electron chi connectivity index (χ1n) is 9.46. The van der Waals surface area contributed by atoms with E-state index in [0.717, 1.165) is 17.3 Å². The highest BCUT2D eigenvalue weighted by Crippen LogP contribution is 2.23. The summed E-state index contributed by atoms with van der Waals surface area (Å²) in [5.41, 5.74) is 6.03. The first-order valence-corrected chi connectivity index (χ1v) is 9.46. The number of aromatic nitrogens is 1. The molecule has 31 heavy (non-hydrogen) atoms. The third-order valence-electron chi connectivity index (χ3n) is 5.16. The number of anilines is 2. The van der Waals surface area contributed by atoms with E-state index in [0.29, 0.717) is 22.6 Å². The van der Waals surface area contributed by atoms with Gasteiger partial charge in [-0.25, -0.2) is 4.79 Å². The lowest BCUT2D eigenvalue weighted by atomic mass is 10.1. The average Bonchev–Trinajstić information content (AvgIpc) is 3.02. The maximum absolute atomic E-state index is 12.9. The molecule has 0 aliphatic carbocycles. The van der Waals surface area contributed by atoms with Crippen LogP contribution in [-0.4, -0.2) is 33.4 Å². The van der Waals surface area contributed by atoms with Crippen molar-refractivity contribution in [3.05, 3.63) is 69.5 Å². The third kappa shape index (κ3) is 3.46. The number of hydrogen-bond acceptors (Lipinski definition) is 6. The highest BCUT2D eigenvalue weighted by Gasteiger charge is 2.31. The van der Waals surface area contributed by atoms with Gasteiger partial charge in [0.25, 0.3) is 0 Å². The van der Waals surface area contributed by atoms with Crippen LogP contribution in [0.3, 0.4) is 0 Å². The summed E-state index contributed by atoms with van der Waals surface area (Å²) in [5, 5.41) is 19.2. The van der Waals surface area contributed by atoms with Gasteiger partial charge in [0, 0.05) is 11.6 Å². The number of nitrogens with one attached hydrogen (secondary N) is 2. The van der Waals surface area contributed by atoms with Crippen molar-refractivity contribution in [2.75, 3.05) is 10.4 Å². The second kappa shape index (κ2) is 7.52. The number of aromatic amines is 1. The van der Waals surface area contributed by atoms with Crippen molar-refractivity contribution in [2.24, 2.45) is 10.2 Å². The predicted molar refractivity (Wildman–Crippen MR) is 119 cm³/mol. The fourth-order valence-electron chi connectivity index (χ4n) is 3.28. The molecular weight excluding hydrogens is 398 g/mol. The van der Waals surface area contributed by atoms with Crippen molar-refractivity contribution in [2.45, 2.75) is 20.8 Å². The van der Waals surface area contributed by atoms with Crippen LogP contribution in [0.5, 0.6) is 0 Å². The van der Waals surface area contributed by atoms with Gasteiger partial charge >= 0.3 is 11.9 Å². The number of aromatic carboxylic acids is 1. The number of carboxylic acids is 1. The van der Waals surface area contributed by atoms with E-state index in [1.165, 1.54) is 11.1 Å². The first-order chi connectivity index (χ1) is 14.8. The van der Waals surface area contributed by atoms with Gasteiger partial charge in [0.1, 0.15) is 5.56 Å². The number of pyridine rings is 1. The number of amides is 1. The number of carboxylic acid groups (broad SMARTS) is 1. The Labute approximate surface area is 176 Å². The minimum Gasteiger partial charge on any atom is -0.477 e. The van der Waals surface area contributed by atoms with Crippen molar-refractivity contribution in [3.8, 4) is 0 Å². The zero-order valence-corrected chi connectivity index (χ0v) is 17.1. The van der Waals surface area contributed by atoms with Gasteiger partial charge in [-0.05, 0) is 56.2 Å². The second-order valence-corrected chi connectivity index (χ2v) is 7.21. The van der Waals surface area contributed by atoms with Gasteiger partial charge in [-0.2, -0.15) is 15.2 Å². The number of para-hydroxylation sites is 1. The molecule has 3 aromatic rings. The Kier molecular flexibility index (Phi) is 4.86. The summed E-state index contributed by atoms with van der Waals surface area (Å²) in [6, 6.07) is 10.4. The number of aryl methyl sites for hydroxylation is 2. The van der Waals surface area contributed by atoms with Crippen LogP contribution in [0.15, 0.2) is 57.6 Å². The molecule has 1 amide bonds. The largest absolute Gasteiger partial charge is 0.477 e. The maximum Gasteiger partial charge on any atom is 0.341 e. The van der Waals surface area contributed by atoms with Crippen LogP contribution >= 0.6 is 0 Å². The van der Waals surface area contributed by atoms with Gasteiger partial charge in [0.15, 0.2) is 5.71 Å². The van der Waals surface area contributed by atoms with E-state index in [1.54, 1.807) is 19.1 Å². The van der Waals surface area contributed by atoms with E-state index in [9.17, 15) is 14.4 Å². The number of benzene rings is 2. The fraction of sp³-hybridized carbons (Fsp3) is 0.136. The standard InChI is InChI=1S/C22H19N5O4/c1-11-7-8-14(9-12(11)2)27-21(29)18(13(3)26-27)25-24-17-6-4-5-15-19(17)23-10-16(20(15)28)22(30)31/h4-10,24H,1-3H3,(H,23,28)(H,30,31). The van der Waals surface area contributed by atoms with Crippen molar-refractivity contribution in [1.29, 1.82) is 0 Å². The summed E-state index contributed by atoms with van der Waals surface area (Å²) in [7, 11) is 0. The highest BCUT2D eigenvalue weighted by atomic mass is 16.4. The summed E-state index contributed by atoms with van der Waals surface area (Å²) in [5.74, 6) is -1.69. The lowest BCUT2D eigenvalue weighted by molar-refractivity contribution is -0.112. The van der Waals surface area contributed by atoms with E-state index in [1.807, 2.05) is 32.0 Å². The Morgan fingerprint density at radius 1 is 1.13 bits per heavy atom. The monoisotopic (exact) mass is 417 g/mol. The zero-order valence-electron chi connectivity index (χ0n) is 17.1. The topological polar surface area (TPSA) is 127 Å². The number of nitrogens with zero attached hydrogens (tertiary/aromatic N) is 3. The Morgan fingerprint density at radius 2 is 1.90 bits per heavy atom. The molecule has 9 heteroatoms. The van der Waals surface area contributed by atoms with Gasteiger partial charge in [-0.15, -0.1) is 0 Å². The van der Waals surface area contributed by atoms with Crippen molar-refractivity contribution in [3.63, 3.8) is 0 Å². The molecule has 0 radical (unpaired) electrons. The van der Waals surface area contributed by atoms with Gasteiger partial charge in [-0.1, -0.05) is 12.1 Å². The molecule has 9 nitrogen and oxygen atoms in total. The van der Waals surface area contributed by atoms with Crippen LogP contribution in [0.1, 0.15) is 28.4 Å². The number of rotatable bonds is 4. The maximum atomic E-state index is 12.9. The molecule has 4 rings (SSSR count). The van der Waals surface area contributed by atoms with E-state index >= 15 is 0 Å². The molecule has 0 fully saturated rings. The molecule has 1 aliphatic heterocycles. The summed E-state index contributed by atoms with van der Waals surface area (Å²) in [6.45, 7) is 5.64. The summed E-state index contributed by atoms with van der Waals surface area (Å²) >= 11 is 0. The highest BCUT2D eigenvalue weighted by molar-refractivity contribution is 6.71. The van der Waals surface area contributed by atoms with Crippen molar-refractivity contribution in [1.82, 2.24) is 4.98 Å². The second-order valence-electron chi connectivity index (χ2n) is 7.21. The molecule has 0 spiro atoms. The molecule has 3 N–H and O–H groups in total. The van der Waals surface area contributed by atoms with Crippen LogP contribution in [0.4, 0.5) is 11.4 Å². The van der Waals surface area contributed by atoms with Gasteiger partial charge in [-0.3, -0.25) is 15.0 Å². The zero-order chi connectivity index (χ0) is 22.3. The number of carbonyl (C=O) groups excluding carboxylic acids is 1. The number of hydrazone groups is 2. The van der Waals surface area contributed by atoms with Gasteiger partial charge in [0.2, 0.25) is 5.43 Å². The van der Waals surface area contributed by atoms with Crippen molar-refractivity contribution < 1.29 is 14.7 Å². The Morgan fingerprint density at radius 3 is 2.61 bits per heavy atom. The Hall–Kier alpha value is -4.27. The minimum atomic E-state index is -1.31. The van der Waals surface area contributed by atoms with Gasteiger partial charge in [0.05, 0.1) is 22.6 Å². The van der Waals surface area contributed by atoms with E-state index < -0.39 is 11.4 Å². The number of H-pyrrole nitrogens is 1. The van der Waals surface area contributed by atoms with E-state index in [-0.39, 0.29) is 22.6 Å². The molecule has 2 heterocycles. The summed E-state index contributed by atoms with van der Waals surface area (Å²) in [4.78, 5) is 39.3. The lowest BCUT2D eigenvalue weighted by Gasteiger charge is -2.13. The molecule has 1 aromatic heterocycles. The van der Waals surface area contributed by atoms with E-state index in [4.69, 9.17) is 5.11 Å². The molecule has 0 atom stereocenters. The molecule has 0 unspecified atom stereocenters. The van der Waals surface area contributed by atoms with Crippen LogP contribution < -0.4 is 15.9 Å². The van der Waals surface area contributed by atoms with Crippen LogP contribution in [0.2, 0.25) is 0 Å². The first kappa shape index (κ1) is 20.0. The summed E-state index contributed by atoms with van der Waals surface area (Å²) < 4.78 is 0.